The summed E-state index contributed by atoms with van der Waals surface area (Å²) < 4.78 is 30.5. The Hall–Kier alpha value is 0.280. The first-order chi connectivity index (χ1) is 12.9. The lowest BCUT2D eigenvalue weighted by molar-refractivity contribution is -0.121. The zero-order valence-electron chi connectivity index (χ0n) is 17.0. The van der Waals surface area contributed by atoms with Crippen LogP contribution >= 0.6 is 11.8 Å². The molecule has 0 unspecified atom stereocenters. The molecule has 0 radical (unpaired) electrons. The van der Waals surface area contributed by atoms with Crippen molar-refractivity contribution in [3.05, 3.63) is 0 Å². The number of rotatable bonds is 10. The fourth-order valence-electron chi connectivity index (χ4n) is 3.50. The first-order valence-corrected chi connectivity index (χ1v) is 15.1. The van der Waals surface area contributed by atoms with Crippen LogP contribution < -0.4 is 0 Å². The normalized spacial score (nSPS) is 19.3. The van der Waals surface area contributed by atoms with Crippen molar-refractivity contribution in [1.29, 1.82) is 0 Å². The molecule has 27 heavy (non-hydrogen) atoms. The highest BCUT2D eigenvalue weighted by atomic mass is 32.2. The molecule has 2 fully saturated rings. The zero-order chi connectivity index (χ0) is 20.0. The summed E-state index contributed by atoms with van der Waals surface area (Å²) in [6.07, 6.45) is 12.3. The Bertz CT molecular complexity index is 481. The summed E-state index contributed by atoms with van der Waals surface area (Å²) in [6.45, 7) is 2.13. The summed E-state index contributed by atoms with van der Waals surface area (Å²) in [4.78, 5) is 12.1. The van der Waals surface area contributed by atoms with Gasteiger partial charge in [-0.15, -0.1) is 0 Å². The molecule has 160 valence electrons. The van der Waals surface area contributed by atoms with Crippen molar-refractivity contribution in [2.45, 2.75) is 77.6 Å². The number of ketones is 1. The van der Waals surface area contributed by atoms with Crippen LogP contribution in [0.3, 0.4) is 0 Å². The molecule has 0 spiro atoms. The molecule has 0 amide bonds. The number of carbonyl (C=O) groups is 1. The molecule has 1 saturated carbocycles. The number of hydrogen-bond acceptors (Lipinski definition) is 5. The fourth-order valence-corrected chi connectivity index (χ4v) is 8.23. The molecule has 1 aliphatic carbocycles. The summed E-state index contributed by atoms with van der Waals surface area (Å²) in [7, 11) is -3.51. The number of carbonyl (C=O) groups excluding carboxylic acids is 1. The van der Waals surface area contributed by atoms with Crippen LogP contribution in [0.5, 0.6) is 0 Å². The molecule has 2 aliphatic rings. The van der Waals surface area contributed by atoms with E-state index in [-0.39, 0.29) is 5.75 Å². The predicted molar refractivity (Wildman–Crippen MR) is 119 cm³/mol. The van der Waals surface area contributed by atoms with E-state index in [9.17, 15) is 17.8 Å². The monoisotopic (exact) mass is 438 g/mol. The van der Waals surface area contributed by atoms with Gasteiger partial charge in [0.1, 0.15) is 11.5 Å². The number of hydrogen-bond donors (Lipinski definition) is 0. The first kappa shape index (κ1) is 25.3. The van der Waals surface area contributed by atoms with Crippen LogP contribution in [0, 0.1) is 5.92 Å². The van der Waals surface area contributed by atoms with E-state index in [0.717, 1.165) is 25.0 Å². The first-order valence-electron chi connectivity index (χ1n) is 10.6. The maximum Gasteiger partial charge on any atom is 0.184 e. The van der Waals surface area contributed by atoms with E-state index in [2.05, 4.69) is 18.7 Å². The van der Waals surface area contributed by atoms with Gasteiger partial charge in [-0.1, -0.05) is 58.3 Å². The van der Waals surface area contributed by atoms with Crippen molar-refractivity contribution in [1.82, 2.24) is 0 Å². The van der Waals surface area contributed by atoms with Crippen molar-refractivity contribution < 1.29 is 17.8 Å². The van der Waals surface area contributed by atoms with Crippen LogP contribution in [0.1, 0.15) is 77.6 Å². The van der Waals surface area contributed by atoms with Crippen LogP contribution in [0.25, 0.3) is 0 Å². The Morgan fingerprint density at radius 3 is 2.19 bits per heavy atom. The SMILES string of the molecule is CCCCCCCCS(=O)(=O)[O-].O=C(C[S+]1CCSCC1)C1CCCCC1. The molecule has 0 bridgehead atoms. The predicted octanol–water partition coefficient (Wildman–Crippen LogP) is 4.39. The second-order valence-corrected chi connectivity index (χ2v) is 12.7. The molecule has 7 heteroatoms. The minimum atomic E-state index is -3.97. The maximum atomic E-state index is 12.1. The van der Waals surface area contributed by atoms with Crippen molar-refractivity contribution in [3.8, 4) is 0 Å². The second kappa shape index (κ2) is 15.2. The van der Waals surface area contributed by atoms with Gasteiger partial charge in [-0.25, -0.2) is 8.42 Å². The van der Waals surface area contributed by atoms with Gasteiger partial charge in [0, 0.05) is 23.2 Å². The van der Waals surface area contributed by atoms with Gasteiger partial charge < -0.3 is 4.55 Å². The molecule has 0 N–H and O–H groups in total. The van der Waals surface area contributed by atoms with Gasteiger partial charge in [-0.2, -0.15) is 11.8 Å². The van der Waals surface area contributed by atoms with Gasteiger partial charge in [0.25, 0.3) is 0 Å². The Balaban J connectivity index is 0.000000279. The summed E-state index contributed by atoms with van der Waals surface area (Å²) in [5.74, 6) is 6.98. The summed E-state index contributed by atoms with van der Waals surface area (Å²) in [5, 5.41) is 0. The highest BCUT2D eigenvalue weighted by Gasteiger charge is 2.30. The smallest absolute Gasteiger partial charge is 0.184 e. The molecule has 0 aromatic carbocycles. The van der Waals surface area contributed by atoms with Crippen LogP contribution in [-0.2, 0) is 25.8 Å². The third-order valence-electron chi connectivity index (χ3n) is 5.19. The molecule has 0 aromatic rings. The Morgan fingerprint density at radius 2 is 1.59 bits per heavy atom. The third kappa shape index (κ3) is 14.0. The van der Waals surface area contributed by atoms with Gasteiger partial charge in [-0.3, -0.25) is 4.79 Å². The van der Waals surface area contributed by atoms with E-state index in [0.29, 0.717) is 29.0 Å². The van der Waals surface area contributed by atoms with Gasteiger partial charge in [0.15, 0.2) is 11.5 Å². The fraction of sp³-hybridized carbons (Fsp3) is 0.950. The van der Waals surface area contributed by atoms with Gasteiger partial charge >= 0.3 is 0 Å². The summed E-state index contributed by atoms with van der Waals surface area (Å²) in [5.41, 5.74) is 0. The van der Waals surface area contributed by atoms with E-state index in [4.69, 9.17) is 0 Å². The van der Waals surface area contributed by atoms with E-state index in [1.165, 1.54) is 68.0 Å². The van der Waals surface area contributed by atoms with E-state index in [1.54, 1.807) is 0 Å². The molecular formula is C20H38O4S3. The molecule has 1 aliphatic heterocycles. The van der Waals surface area contributed by atoms with Crippen LogP contribution in [0.15, 0.2) is 0 Å². The number of thioether (sulfide) groups is 1. The molecule has 0 atom stereocenters. The zero-order valence-corrected chi connectivity index (χ0v) is 19.4. The van der Waals surface area contributed by atoms with Crippen molar-refractivity contribution in [3.63, 3.8) is 0 Å². The van der Waals surface area contributed by atoms with E-state index in [1.807, 2.05) is 0 Å². The van der Waals surface area contributed by atoms with Crippen LogP contribution in [-0.4, -0.2) is 53.3 Å². The second-order valence-electron chi connectivity index (χ2n) is 7.61. The number of unbranched alkanes of at least 4 members (excludes halogenated alkanes) is 5. The average molecular weight is 439 g/mol. The lowest BCUT2D eigenvalue weighted by Gasteiger charge is -2.21. The Morgan fingerprint density at radius 1 is 1.00 bits per heavy atom. The minimum Gasteiger partial charge on any atom is -0.748 e. The minimum absolute atomic E-state index is 0.195. The van der Waals surface area contributed by atoms with Gasteiger partial charge in [0.2, 0.25) is 0 Å². The lowest BCUT2D eigenvalue weighted by Crippen LogP contribution is -2.31. The van der Waals surface area contributed by atoms with E-state index >= 15 is 0 Å². The van der Waals surface area contributed by atoms with Crippen LogP contribution in [0.2, 0.25) is 0 Å². The average Bonchev–Trinajstić information content (AvgIpc) is 2.66. The Kier molecular flexibility index (Phi) is 14.2. The van der Waals surface area contributed by atoms with Crippen LogP contribution in [0.4, 0.5) is 0 Å². The van der Waals surface area contributed by atoms with Gasteiger partial charge in [-0.05, 0) is 30.2 Å². The number of Topliss-reactive ketones (excluding diaryl/α,β-unsaturated/α-hetero) is 1. The molecular weight excluding hydrogens is 400 g/mol. The molecule has 2 rings (SSSR count). The topological polar surface area (TPSA) is 74.3 Å². The van der Waals surface area contributed by atoms with Gasteiger partial charge in [0.05, 0.1) is 10.1 Å². The van der Waals surface area contributed by atoms with Crippen molar-refractivity contribution >= 4 is 38.6 Å². The Labute approximate surface area is 174 Å². The third-order valence-corrected chi connectivity index (χ3v) is 9.73. The summed E-state index contributed by atoms with van der Waals surface area (Å²) in [6, 6.07) is 0. The molecule has 0 aromatic heterocycles. The van der Waals surface area contributed by atoms with E-state index < -0.39 is 10.1 Å². The molecule has 4 nitrogen and oxygen atoms in total. The standard InChI is InChI=1S/C12H21OS2.C8H18O3S/c13-12(11-4-2-1-3-5-11)10-15-8-6-14-7-9-15;1-2-3-4-5-6-7-8-12(9,10)11/h11H,1-10H2;2-8H2,1H3,(H,9,10,11)/q+1;/p-1. The summed E-state index contributed by atoms with van der Waals surface area (Å²) >= 11 is 2.06. The highest BCUT2D eigenvalue weighted by molar-refractivity contribution is 8.05. The molecule has 1 heterocycles. The lowest BCUT2D eigenvalue weighted by atomic mass is 9.87. The maximum absolute atomic E-state index is 12.1. The van der Waals surface area contributed by atoms with Crippen molar-refractivity contribution in [2.75, 3.05) is 34.5 Å². The molecule has 1 saturated heterocycles. The van der Waals surface area contributed by atoms with Crippen molar-refractivity contribution in [2.24, 2.45) is 5.92 Å². The highest BCUT2D eigenvalue weighted by Crippen LogP contribution is 2.25. The largest absolute Gasteiger partial charge is 0.748 e. The quantitative estimate of drug-likeness (QED) is 0.287.